The Kier molecular flexibility index (Phi) is 6.49. The quantitative estimate of drug-likeness (QED) is 0.398. The third-order valence-corrected chi connectivity index (χ3v) is 5.49. The summed E-state index contributed by atoms with van der Waals surface area (Å²) in [4.78, 5) is 52.1. The van der Waals surface area contributed by atoms with Gasteiger partial charge in [0.1, 0.15) is 5.82 Å². The SMILES string of the molecule is CN(Cc1ccc(F)cc1)C(=O)COC(=O)c1ccc(CN2C(=O)c3ccccc3C2=O)cc1. The molecule has 1 heterocycles. The van der Waals surface area contributed by atoms with Crippen molar-refractivity contribution in [3.8, 4) is 0 Å². The van der Waals surface area contributed by atoms with Crippen molar-refractivity contribution in [1.29, 1.82) is 0 Å². The third-order valence-electron chi connectivity index (χ3n) is 5.49. The van der Waals surface area contributed by atoms with Crippen molar-refractivity contribution in [3.63, 3.8) is 0 Å². The van der Waals surface area contributed by atoms with Crippen LogP contribution in [0, 0.1) is 5.82 Å². The number of benzene rings is 3. The van der Waals surface area contributed by atoms with Gasteiger partial charge in [0.15, 0.2) is 6.61 Å². The maximum atomic E-state index is 13.0. The normalized spacial score (nSPS) is 12.5. The molecule has 0 saturated heterocycles. The lowest BCUT2D eigenvalue weighted by atomic mass is 10.1. The van der Waals surface area contributed by atoms with E-state index < -0.39 is 18.5 Å². The van der Waals surface area contributed by atoms with E-state index in [-0.39, 0.29) is 36.3 Å². The fourth-order valence-corrected chi connectivity index (χ4v) is 3.58. The highest BCUT2D eigenvalue weighted by atomic mass is 19.1. The van der Waals surface area contributed by atoms with Gasteiger partial charge < -0.3 is 9.64 Å². The average Bonchev–Trinajstić information content (AvgIpc) is 3.09. The molecule has 8 heteroatoms. The predicted molar refractivity (Wildman–Crippen MR) is 120 cm³/mol. The maximum Gasteiger partial charge on any atom is 0.338 e. The largest absolute Gasteiger partial charge is 0.452 e. The number of esters is 1. The lowest BCUT2D eigenvalue weighted by Crippen LogP contribution is -2.30. The van der Waals surface area contributed by atoms with Gasteiger partial charge in [-0.2, -0.15) is 0 Å². The van der Waals surface area contributed by atoms with Crippen LogP contribution in [0.25, 0.3) is 0 Å². The zero-order valence-electron chi connectivity index (χ0n) is 18.4. The minimum Gasteiger partial charge on any atom is -0.452 e. The van der Waals surface area contributed by atoms with Crippen molar-refractivity contribution in [2.75, 3.05) is 13.7 Å². The Bertz CT molecular complexity index is 1220. The van der Waals surface area contributed by atoms with Crippen LogP contribution in [0.1, 0.15) is 42.2 Å². The monoisotopic (exact) mass is 460 g/mol. The molecule has 0 fully saturated rings. The Morgan fingerprint density at radius 3 is 2.00 bits per heavy atom. The molecule has 0 atom stereocenters. The van der Waals surface area contributed by atoms with Crippen LogP contribution in [0.2, 0.25) is 0 Å². The highest BCUT2D eigenvalue weighted by Gasteiger charge is 2.34. The summed E-state index contributed by atoms with van der Waals surface area (Å²) in [5.41, 5.74) is 2.40. The molecule has 34 heavy (non-hydrogen) atoms. The van der Waals surface area contributed by atoms with E-state index >= 15 is 0 Å². The van der Waals surface area contributed by atoms with E-state index in [1.54, 1.807) is 55.6 Å². The van der Waals surface area contributed by atoms with Crippen LogP contribution >= 0.6 is 0 Å². The van der Waals surface area contributed by atoms with Gasteiger partial charge in [-0.25, -0.2) is 9.18 Å². The Morgan fingerprint density at radius 2 is 1.41 bits per heavy atom. The first-order valence-corrected chi connectivity index (χ1v) is 10.5. The van der Waals surface area contributed by atoms with E-state index in [0.29, 0.717) is 16.7 Å². The van der Waals surface area contributed by atoms with Crippen LogP contribution < -0.4 is 0 Å². The van der Waals surface area contributed by atoms with Crippen molar-refractivity contribution in [2.24, 2.45) is 0 Å². The molecule has 0 aliphatic carbocycles. The summed E-state index contributed by atoms with van der Waals surface area (Å²) in [5.74, 6) is -2.14. The molecule has 7 nitrogen and oxygen atoms in total. The molecule has 0 bridgehead atoms. The molecule has 0 saturated carbocycles. The molecule has 0 unspecified atom stereocenters. The topological polar surface area (TPSA) is 84.0 Å². The minimum atomic E-state index is -0.671. The first-order chi connectivity index (χ1) is 16.3. The van der Waals surface area contributed by atoms with Gasteiger partial charge >= 0.3 is 5.97 Å². The Labute approximate surface area is 195 Å². The van der Waals surface area contributed by atoms with Crippen molar-refractivity contribution >= 4 is 23.7 Å². The van der Waals surface area contributed by atoms with Gasteiger partial charge in [0.05, 0.1) is 23.2 Å². The van der Waals surface area contributed by atoms with Crippen LogP contribution in [0.15, 0.2) is 72.8 Å². The molecular formula is C26H21FN2O5. The highest BCUT2D eigenvalue weighted by molar-refractivity contribution is 6.21. The summed E-state index contributed by atoms with van der Waals surface area (Å²) >= 11 is 0. The molecule has 3 aromatic carbocycles. The Hall–Kier alpha value is -4.33. The molecule has 3 aromatic rings. The highest BCUT2D eigenvalue weighted by Crippen LogP contribution is 2.24. The van der Waals surface area contributed by atoms with E-state index in [4.69, 9.17) is 4.74 Å². The number of nitrogens with zero attached hydrogens (tertiary/aromatic N) is 2. The van der Waals surface area contributed by atoms with E-state index in [9.17, 15) is 23.6 Å². The van der Waals surface area contributed by atoms with Crippen LogP contribution in [0.3, 0.4) is 0 Å². The number of imide groups is 1. The number of ether oxygens (including phenoxy) is 1. The standard InChI is InChI=1S/C26H21FN2O5/c1-28(14-17-8-12-20(27)13-9-17)23(30)16-34-26(33)19-10-6-18(7-11-19)15-29-24(31)21-4-2-3-5-22(21)25(29)32/h2-13H,14-16H2,1H3. The molecule has 0 aromatic heterocycles. The molecule has 1 aliphatic heterocycles. The number of hydrogen-bond donors (Lipinski definition) is 0. The van der Waals surface area contributed by atoms with Crippen LogP contribution in [0.4, 0.5) is 4.39 Å². The van der Waals surface area contributed by atoms with Crippen molar-refractivity contribution in [1.82, 2.24) is 9.80 Å². The molecule has 172 valence electrons. The molecule has 4 rings (SSSR count). The first-order valence-electron chi connectivity index (χ1n) is 10.5. The smallest absolute Gasteiger partial charge is 0.338 e. The molecule has 0 radical (unpaired) electrons. The van der Waals surface area contributed by atoms with Gasteiger partial charge in [0.2, 0.25) is 0 Å². The predicted octanol–water partition coefficient (Wildman–Crippen LogP) is 3.44. The second-order valence-corrected chi connectivity index (χ2v) is 7.89. The summed E-state index contributed by atoms with van der Waals surface area (Å²) in [7, 11) is 1.56. The number of carbonyl (C=O) groups excluding carboxylic acids is 4. The minimum absolute atomic E-state index is 0.0777. The van der Waals surface area contributed by atoms with Gasteiger partial charge in [0, 0.05) is 13.6 Å². The zero-order valence-corrected chi connectivity index (χ0v) is 18.4. The summed E-state index contributed by atoms with van der Waals surface area (Å²) in [6.45, 7) is -0.106. The van der Waals surface area contributed by atoms with Gasteiger partial charge in [-0.1, -0.05) is 36.4 Å². The number of likely N-dealkylation sites (N-methyl/N-ethyl adjacent to an activating group) is 1. The molecular weight excluding hydrogens is 439 g/mol. The fraction of sp³-hybridized carbons (Fsp3) is 0.154. The van der Waals surface area contributed by atoms with E-state index in [1.165, 1.54) is 29.2 Å². The molecule has 1 aliphatic rings. The number of rotatable bonds is 7. The molecule has 0 spiro atoms. The second-order valence-electron chi connectivity index (χ2n) is 7.89. The van der Waals surface area contributed by atoms with E-state index in [0.717, 1.165) is 10.5 Å². The lowest BCUT2D eigenvalue weighted by molar-refractivity contribution is -0.133. The Balaban J connectivity index is 1.30. The van der Waals surface area contributed by atoms with E-state index in [2.05, 4.69) is 0 Å². The number of fused-ring (bicyclic) bond motifs is 1. The van der Waals surface area contributed by atoms with Crippen molar-refractivity contribution in [3.05, 3.63) is 106 Å². The zero-order chi connectivity index (χ0) is 24.2. The van der Waals surface area contributed by atoms with Gasteiger partial charge in [-0.3, -0.25) is 19.3 Å². The van der Waals surface area contributed by atoms with Crippen molar-refractivity contribution in [2.45, 2.75) is 13.1 Å². The molecule has 3 amide bonds. The van der Waals surface area contributed by atoms with Crippen LogP contribution in [-0.4, -0.2) is 47.1 Å². The van der Waals surface area contributed by atoms with Crippen molar-refractivity contribution < 1.29 is 28.3 Å². The fourth-order valence-electron chi connectivity index (χ4n) is 3.58. The summed E-state index contributed by atoms with van der Waals surface area (Å²) in [6, 6.07) is 18.7. The number of carbonyl (C=O) groups is 4. The first kappa shape index (κ1) is 22.8. The summed E-state index contributed by atoms with van der Waals surface area (Å²) < 4.78 is 18.1. The van der Waals surface area contributed by atoms with Gasteiger partial charge in [-0.15, -0.1) is 0 Å². The maximum absolute atomic E-state index is 13.0. The lowest BCUT2D eigenvalue weighted by Gasteiger charge is -2.17. The summed E-state index contributed by atoms with van der Waals surface area (Å²) in [6.07, 6.45) is 0. The van der Waals surface area contributed by atoms with E-state index in [1.807, 2.05) is 0 Å². The Morgan fingerprint density at radius 1 is 0.853 bits per heavy atom. The number of hydrogen-bond acceptors (Lipinski definition) is 5. The number of halogens is 1. The second kappa shape index (κ2) is 9.66. The van der Waals surface area contributed by atoms with Crippen LogP contribution in [0.5, 0.6) is 0 Å². The van der Waals surface area contributed by atoms with Crippen LogP contribution in [-0.2, 0) is 22.6 Å². The molecule has 0 N–H and O–H groups in total. The third kappa shape index (κ3) is 4.85. The summed E-state index contributed by atoms with van der Waals surface area (Å²) in [5, 5.41) is 0. The average molecular weight is 460 g/mol. The number of amides is 3. The van der Waals surface area contributed by atoms with Gasteiger partial charge in [0.25, 0.3) is 17.7 Å². The van der Waals surface area contributed by atoms with Gasteiger partial charge in [-0.05, 0) is 47.5 Å².